The molecule has 2 aromatic carbocycles. The van der Waals surface area contributed by atoms with Gasteiger partial charge in [0, 0.05) is 10.8 Å². The van der Waals surface area contributed by atoms with Crippen LogP contribution in [0, 0.1) is 0 Å². The summed E-state index contributed by atoms with van der Waals surface area (Å²) in [5.41, 5.74) is 0. The lowest BCUT2D eigenvalue weighted by Crippen LogP contribution is -2.37. The number of nitrogens with zero attached hydrogens (tertiary/aromatic N) is 2. The molecule has 0 saturated heterocycles. The van der Waals surface area contributed by atoms with Crippen LogP contribution >= 0.6 is 0 Å². The maximum atomic E-state index is 10.3. The predicted octanol–water partition coefficient (Wildman–Crippen LogP) is 1.28. The number of rotatable bonds is 0. The number of benzene rings is 2. The van der Waals surface area contributed by atoms with E-state index >= 15 is 0 Å². The third-order valence-electron chi connectivity index (χ3n) is 3.47. The molecular formula is C14H14N2O2. The highest BCUT2D eigenvalue weighted by Gasteiger charge is 2.19. The van der Waals surface area contributed by atoms with E-state index < -0.39 is 0 Å². The Bertz CT molecular complexity index is 688. The van der Waals surface area contributed by atoms with Crippen molar-refractivity contribution in [3.05, 3.63) is 35.0 Å². The second kappa shape index (κ2) is 3.70. The highest BCUT2D eigenvalue weighted by atomic mass is 16.3. The van der Waals surface area contributed by atoms with Crippen LogP contribution in [0.5, 0.6) is 11.5 Å². The van der Waals surface area contributed by atoms with Crippen molar-refractivity contribution in [1.29, 1.82) is 0 Å². The first kappa shape index (κ1) is 11.0. The van der Waals surface area contributed by atoms with E-state index in [2.05, 4.69) is 9.98 Å². The van der Waals surface area contributed by atoms with E-state index in [1.165, 1.54) is 0 Å². The summed E-state index contributed by atoms with van der Waals surface area (Å²) in [6.07, 6.45) is 0. The number of hydrogen-bond acceptors (Lipinski definition) is 4. The molecule has 0 bridgehead atoms. The summed E-state index contributed by atoms with van der Waals surface area (Å²) in [6, 6.07) is 7.18. The fourth-order valence-corrected chi connectivity index (χ4v) is 2.24. The smallest absolute Gasteiger partial charge is 0.151 e. The fourth-order valence-electron chi connectivity index (χ4n) is 2.24. The highest BCUT2D eigenvalue weighted by molar-refractivity contribution is 5.92. The second-order valence-corrected chi connectivity index (χ2v) is 4.68. The molecule has 4 nitrogen and oxygen atoms in total. The topological polar surface area (TPSA) is 65.2 Å². The molecule has 18 heavy (non-hydrogen) atoms. The van der Waals surface area contributed by atoms with E-state index in [-0.39, 0.29) is 23.6 Å². The maximum Gasteiger partial charge on any atom is 0.151 e. The van der Waals surface area contributed by atoms with Crippen LogP contribution in [0.4, 0.5) is 0 Å². The van der Waals surface area contributed by atoms with Crippen molar-refractivity contribution in [3.8, 4) is 11.5 Å². The summed E-state index contributed by atoms with van der Waals surface area (Å²) in [7, 11) is 0. The summed E-state index contributed by atoms with van der Waals surface area (Å²) in [5, 5.41) is 22.5. The van der Waals surface area contributed by atoms with E-state index in [4.69, 9.17) is 0 Å². The Balaban J connectivity index is 2.58. The monoisotopic (exact) mass is 242 g/mol. The lowest BCUT2D eigenvalue weighted by atomic mass is 10.1. The van der Waals surface area contributed by atoms with Gasteiger partial charge in [0.15, 0.2) is 11.5 Å². The Kier molecular flexibility index (Phi) is 2.26. The van der Waals surface area contributed by atoms with Gasteiger partial charge in [0.1, 0.15) is 10.7 Å². The van der Waals surface area contributed by atoms with Gasteiger partial charge in [-0.1, -0.05) is 24.3 Å². The minimum atomic E-state index is 0.00367. The van der Waals surface area contributed by atoms with Crippen molar-refractivity contribution in [3.63, 3.8) is 0 Å². The van der Waals surface area contributed by atoms with Gasteiger partial charge in [-0.05, 0) is 13.8 Å². The zero-order valence-electron chi connectivity index (χ0n) is 10.3. The molecule has 1 aliphatic heterocycles. The average molecular weight is 242 g/mol. The number of phenols is 2. The largest absolute Gasteiger partial charge is 0.505 e. The molecular weight excluding hydrogens is 228 g/mol. The normalized spacial score (nSPS) is 22.1. The summed E-state index contributed by atoms with van der Waals surface area (Å²) >= 11 is 0. The average Bonchev–Trinajstić information content (AvgIpc) is 2.38. The van der Waals surface area contributed by atoms with E-state index in [9.17, 15) is 10.2 Å². The predicted molar refractivity (Wildman–Crippen MR) is 68.5 cm³/mol. The molecule has 2 N–H and O–H groups in total. The minimum Gasteiger partial charge on any atom is -0.505 e. The van der Waals surface area contributed by atoms with Gasteiger partial charge in [0.2, 0.25) is 0 Å². The highest BCUT2D eigenvalue weighted by Crippen LogP contribution is 2.26. The van der Waals surface area contributed by atoms with Crippen LogP contribution in [0.15, 0.2) is 34.3 Å². The Morgan fingerprint density at radius 2 is 1.22 bits per heavy atom. The van der Waals surface area contributed by atoms with E-state index in [1.807, 2.05) is 26.0 Å². The first-order chi connectivity index (χ1) is 8.59. The molecule has 0 saturated carbocycles. The van der Waals surface area contributed by atoms with Crippen molar-refractivity contribution in [2.24, 2.45) is 9.98 Å². The SMILES string of the molecule is C[C@@H]1N=c2c(O)c3ccccc3c(O)c2=N[C@@H]1C. The molecule has 2 atom stereocenters. The van der Waals surface area contributed by atoms with Crippen LogP contribution in [0.3, 0.4) is 0 Å². The van der Waals surface area contributed by atoms with Crippen LogP contribution < -0.4 is 10.7 Å². The standard InChI is InChI=1S/C14H14N2O2/c1-7-8(2)16-12-11(15-7)13(17)9-5-3-4-6-10(9)14(12)18/h3-8,17-18H,1-2H3/t7-,8+. The van der Waals surface area contributed by atoms with Crippen molar-refractivity contribution < 1.29 is 10.2 Å². The second-order valence-electron chi connectivity index (χ2n) is 4.68. The lowest BCUT2D eigenvalue weighted by molar-refractivity contribution is 0.442. The van der Waals surface area contributed by atoms with Crippen LogP contribution in [0.25, 0.3) is 10.8 Å². The molecule has 1 heterocycles. The van der Waals surface area contributed by atoms with Crippen molar-refractivity contribution in [1.82, 2.24) is 0 Å². The zero-order valence-corrected chi connectivity index (χ0v) is 10.3. The van der Waals surface area contributed by atoms with E-state index in [1.54, 1.807) is 12.1 Å². The van der Waals surface area contributed by atoms with Gasteiger partial charge in [-0.25, -0.2) is 0 Å². The van der Waals surface area contributed by atoms with Crippen LogP contribution in [0.2, 0.25) is 0 Å². The molecule has 92 valence electrons. The molecule has 2 aromatic rings. The van der Waals surface area contributed by atoms with Crippen molar-refractivity contribution in [2.45, 2.75) is 25.9 Å². The number of fused-ring (bicyclic) bond motifs is 2. The summed E-state index contributed by atoms with van der Waals surface area (Å²) < 4.78 is 0. The third-order valence-corrected chi connectivity index (χ3v) is 3.47. The molecule has 3 rings (SSSR count). The molecule has 0 aliphatic carbocycles. The van der Waals surface area contributed by atoms with Crippen LogP contribution in [0.1, 0.15) is 13.8 Å². The van der Waals surface area contributed by atoms with Crippen LogP contribution in [-0.4, -0.2) is 22.3 Å². The molecule has 0 radical (unpaired) electrons. The molecule has 0 amide bonds. The van der Waals surface area contributed by atoms with Gasteiger partial charge in [0.25, 0.3) is 0 Å². The van der Waals surface area contributed by atoms with E-state index in [0.29, 0.717) is 21.5 Å². The Hall–Kier alpha value is -2.10. The summed E-state index contributed by atoms with van der Waals surface area (Å²) in [5.74, 6) is 0.196. The van der Waals surface area contributed by atoms with Gasteiger partial charge >= 0.3 is 0 Å². The molecule has 1 aliphatic rings. The summed E-state index contributed by atoms with van der Waals surface area (Å²) in [6.45, 7) is 3.89. The first-order valence-electron chi connectivity index (χ1n) is 5.98. The molecule has 0 spiro atoms. The third kappa shape index (κ3) is 1.38. The Morgan fingerprint density at radius 1 is 0.833 bits per heavy atom. The van der Waals surface area contributed by atoms with Crippen molar-refractivity contribution in [2.75, 3.05) is 0 Å². The van der Waals surface area contributed by atoms with Crippen molar-refractivity contribution >= 4 is 10.8 Å². The fraction of sp³-hybridized carbons (Fsp3) is 0.286. The number of hydrogen-bond donors (Lipinski definition) is 2. The minimum absolute atomic E-state index is 0.00367. The van der Waals surface area contributed by atoms with Gasteiger partial charge in [0.05, 0.1) is 12.1 Å². The van der Waals surface area contributed by atoms with Gasteiger partial charge in [-0.2, -0.15) is 0 Å². The lowest BCUT2D eigenvalue weighted by Gasteiger charge is -2.17. The Labute approximate surface area is 104 Å². The molecule has 0 aromatic heterocycles. The molecule has 0 fully saturated rings. The zero-order chi connectivity index (χ0) is 12.9. The maximum absolute atomic E-state index is 10.3. The van der Waals surface area contributed by atoms with Crippen LogP contribution in [-0.2, 0) is 0 Å². The van der Waals surface area contributed by atoms with Gasteiger partial charge in [-0.3, -0.25) is 9.98 Å². The molecule has 0 unspecified atom stereocenters. The summed E-state index contributed by atoms with van der Waals surface area (Å²) in [4.78, 5) is 8.87. The van der Waals surface area contributed by atoms with Gasteiger partial charge in [-0.15, -0.1) is 0 Å². The number of aromatic hydroxyl groups is 2. The molecule has 4 heteroatoms. The quantitative estimate of drug-likeness (QED) is 0.683. The van der Waals surface area contributed by atoms with Gasteiger partial charge < -0.3 is 10.2 Å². The Morgan fingerprint density at radius 3 is 1.61 bits per heavy atom. The van der Waals surface area contributed by atoms with E-state index in [0.717, 1.165) is 0 Å². The number of phenolic OH excluding ortho intramolecular Hbond substituents is 2. The first-order valence-corrected chi connectivity index (χ1v) is 5.98.